The first-order valence-electron chi connectivity index (χ1n) is 5.98. The van der Waals surface area contributed by atoms with Gasteiger partial charge in [0.05, 0.1) is 16.1 Å². The standard InChI is InChI=1S/C13H15ClN2O2S2/c1-9(11-7-8-13(14)19-11)16-20(17,18)12-6-4-3-5-10(12)15-2/h3-9,15-16H,1-2H3. The number of benzene rings is 1. The summed E-state index contributed by atoms with van der Waals surface area (Å²) in [5.74, 6) is 0. The van der Waals surface area contributed by atoms with Gasteiger partial charge in [-0.1, -0.05) is 23.7 Å². The van der Waals surface area contributed by atoms with Crippen LogP contribution in [0, 0.1) is 0 Å². The van der Waals surface area contributed by atoms with Crippen LogP contribution in [-0.2, 0) is 10.0 Å². The van der Waals surface area contributed by atoms with Crippen LogP contribution in [0.25, 0.3) is 0 Å². The van der Waals surface area contributed by atoms with Crippen molar-refractivity contribution in [2.45, 2.75) is 17.9 Å². The molecule has 1 aromatic heterocycles. The van der Waals surface area contributed by atoms with E-state index in [2.05, 4.69) is 10.0 Å². The van der Waals surface area contributed by atoms with Gasteiger partial charge in [-0.05, 0) is 31.2 Å². The second kappa shape index (κ2) is 6.13. The normalized spacial score (nSPS) is 13.2. The molecule has 108 valence electrons. The molecule has 7 heteroatoms. The maximum atomic E-state index is 12.4. The van der Waals surface area contributed by atoms with Gasteiger partial charge in [0, 0.05) is 11.9 Å². The second-order valence-electron chi connectivity index (χ2n) is 4.23. The molecule has 1 heterocycles. The Morgan fingerprint density at radius 1 is 1.20 bits per heavy atom. The Morgan fingerprint density at radius 3 is 2.50 bits per heavy atom. The molecule has 0 aliphatic carbocycles. The molecule has 0 fully saturated rings. The van der Waals surface area contributed by atoms with Crippen LogP contribution in [0.3, 0.4) is 0 Å². The van der Waals surface area contributed by atoms with Crippen molar-refractivity contribution >= 4 is 38.6 Å². The Balaban J connectivity index is 2.27. The van der Waals surface area contributed by atoms with E-state index in [1.54, 1.807) is 44.3 Å². The van der Waals surface area contributed by atoms with E-state index >= 15 is 0 Å². The van der Waals surface area contributed by atoms with Crippen LogP contribution in [0.4, 0.5) is 5.69 Å². The van der Waals surface area contributed by atoms with E-state index in [9.17, 15) is 8.42 Å². The van der Waals surface area contributed by atoms with Gasteiger partial charge in [0.2, 0.25) is 10.0 Å². The zero-order valence-corrected chi connectivity index (χ0v) is 13.4. The van der Waals surface area contributed by atoms with Gasteiger partial charge < -0.3 is 5.32 Å². The molecule has 2 rings (SSSR count). The first kappa shape index (κ1) is 15.3. The molecule has 0 bridgehead atoms. The van der Waals surface area contributed by atoms with E-state index in [1.165, 1.54) is 11.3 Å². The van der Waals surface area contributed by atoms with E-state index < -0.39 is 10.0 Å². The van der Waals surface area contributed by atoms with Gasteiger partial charge in [-0.25, -0.2) is 13.1 Å². The highest BCUT2D eigenvalue weighted by molar-refractivity contribution is 7.89. The van der Waals surface area contributed by atoms with Gasteiger partial charge in [-0.15, -0.1) is 11.3 Å². The largest absolute Gasteiger partial charge is 0.387 e. The lowest BCUT2D eigenvalue weighted by Crippen LogP contribution is -2.27. The van der Waals surface area contributed by atoms with Crippen molar-refractivity contribution in [3.05, 3.63) is 45.6 Å². The summed E-state index contributed by atoms with van der Waals surface area (Å²) in [5.41, 5.74) is 0.566. The van der Waals surface area contributed by atoms with Gasteiger partial charge in [0.1, 0.15) is 4.90 Å². The summed E-state index contributed by atoms with van der Waals surface area (Å²) in [6.45, 7) is 1.79. The predicted octanol–water partition coefficient (Wildman–Crippen LogP) is 3.48. The van der Waals surface area contributed by atoms with Crippen LogP contribution in [0.2, 0.25) is 4.34 Å². The zero-order chi connectivity index (χ0) is 14.8. The van der Waals surface area contributed by atoms with Crippen molar-refractivity contribution in [1.82, 2.24) is 4.72 Å². The Bertz CT molecular complexity index is 698. The number of anilines is 1. The summed E-state index contributed by atoms with van der Waals surface area (Å²) in [6.07, 6.45) is 0. The SMILES string of the molecule is CNc1ccccc1S(=O)(=O)NC(C)c1ccc(Cl)s1. The minimum atomic E-state index is -3.59. The van der Waals surface area contributed by atoms with E-state index in [0.717, 1.165) is 4.88 Å². The maximum absolute atomic E-state index is 12.4. The molecule has 2 N–H and O–H groups in total. The Morgan fingerprint density at radius 2 is 1.90 bits per heavy atom. The minimum Gasteiger partial charge on any atom is -0.387 e. The van der Waals surface area contributed by atoms with E-state index in [0.29, 0.717) is 10.0 Å². The molecular formula is C13H15ClN2O2S2. The number of hydrogen-bond donors (Lipinski definition) is 2. The molecule has 2 aromatic rings. The van der Waals surface area contributed by atoms with Crippen molar-refractivity contribution in [2.24, 2.45) is 0 Å². The van der Waals surface area contributed by atoms with Crippen molar-refractivity contribution in [3.63, 3.8) is 0 Å². The first-order chi connectivity index (χ1) is 9.44. The highest BCUT2D eigenvalue weighted by Gasteiger charge is 2.21. The van der Waals surface area contributed by atoms with Crippen molar-refractivity contribution in [1.29, 1.82) is 0 Å². The summed E-state index contributed by atoms with van der Waals surface area (Å²) in [5, 5.41) is 2.88. The second-order valence-corrected chi connectivity index (χ2v) is 7.66. The van der Waals surface area contributed by atoms with Gasteiger partial charge >= 0.3 is 0 Å². The topological polar surface area (TPSA) is 58.2 Å². The number of hydrogen-bond acceptors (Lipinski definition) is 4. The summed E-state index contributed by atoms with van der Waals surface area (Å²) >= 11 is 7.24. The van der Waals surface area contributed by atoms with E-state index in [-0.39, 0.29) is 10.9 Å². The third-order valence-electron chi connectivity index (χ3n) is 2.80. The smallest absolute Gasteiger partial charge is 0.243 e. The number of thiophene rings is 1. The minimum absolute atomic E-state index is 0.233. The Labute approximate surface area is 127 Å². The predicted molar refractivity (Wildman–Crippen MR) is 84.1 cm³/mol. The molecule has 0 aliphatic rings. The maximum Gasteiger partial charge on any atom is 0.243 e. The van der Waals surface area contributed by atoms with Crippen LogP contribution in [0.1, 0.15) is 17.8 Å². The third-order valence-corrected chi connectivity index (χ3v) is 5.81. The average Bonchev–Trinajstić information content (AvgIpc) is 2.85. The molecule has 20 heavy (non-hydrogen) atoms. The molecule has 0 saturated carbocycles. The fourth-order valence-corrected chi connectivity index (χ4v) is 4.40. The lowest BCUT2D eigenvalue weighted by Gasteiger charge is -2.15. The third kappa shape index (κ3) is 3.32. The van der Waals surface area contributed by atoms with Crippen molar-refractivity contribution < 1.29 is 8.42 Å². The Kier molecular flexibility index (Phi) is 4.70. The molecule has 1 atom stereocenters. The van der Waals surface area contributed by atoms with E-state index in [4.69, 9.17) is 11.6 Å². The monoisotopic (exact) mass is 330 g/mol. The lowest BCUT2D eigenvalue weighted by molar-refractivity contribution is 0.569. The number of halogens is 1. The molecule has 0 radical (unpaired) electrons. The quantitative estimate of drug-likeness (QED) is 0.882. The van der Waals surface area contributed by atoms with Crippen molar-refractivity contribution in [2.75, 3.05) is 12.4 Å². The highest BCUT2D eigenvalue weighted by Crippen LogP contribution is 2.28. The lowest BCUT2D eigenvalue weighted by atomic mass is 10.3. The molecule has 4 nitrogen and oxygen atoms in total. The van der Waals surface area contributed by atoms with Gasteiger partial charge in [-0.2, -0.15) is 0 Å². The summed E-state index contributed by atoms with van der Waals surface area (Å²) < 4.78 is 28.1. The Hall–Kier alpha value is -1.08. The fraction of sp³-hybridized carbons (Fsp3) is 0.231. The fourth-order valence-electron chi connectivity index (χ4n) is 1.82. The van der Waals surface area contributed by atoms with Gasteiger partial charge in [0.15, 0.2) is 0 Å². The first-order valence-corrected chi connectivity index (χ1v) is 8.66. The number of sulfonamides is 1. The number of para-hydroxylation sites is 1. The summed E-state index contributed by atoms with van der Waals surface area (Å²) in [7, 11) is -1.90. The summed E-state index contributed by atoms with van der Waals surface area (Å²) in [6, 6.07) is 10.0. The van der Waals surface area contributed by atoms with Crippen LogP contribution in [0.15, 0.2) is 41.3 Å². The average molecular weight is 331 g/mol. The van der Waals surface area contributed by atoms with Crippen LogP contribution in [0.5, 0.6) is 0 Å². The number of nitrogens with one attached hydrogen (secondary N) is 2. The van der Waals surface area contributed by atoms with Crippen molar-refractivity contribution in [3.8, 4) is 0 Å². The highest BCUT2D eigenvalue weighted by atomic mass is 35.5. The number of rotatable bonds is 5. The molecule has 0 saturated heterocycles. The molecule has 0 aliphatic heterocycles. The van der Waals surface area contributed by atoms with Crippen LogP contribution in [-0.4, -0.2) is 15.5 Å². The van der Waals surface area contributed by atoms with E-state index in [1.807, 2.05) is 6.07 Å². The van der Waals surface area contributed by atoms with Gasteiger partial charge in [-0.3, -0.25) is 0 Å². The molecule has 0 amide bonds. The van der Waals surface area contributed by atoms with Gasteiger partial charge in [0.25, 0.3) is 0 Å². The zero-order valence-electron chi connectivity index (χ0n) is 11.1. The summed E-state index contributed by atoms with van der Waals surface area (Å²) in [4.78, 5) is 1.11. The molecule has 0 spiro atoms. The van der Waals surface area contributed by atoms with Crippen LogP contribution < -0.4 is 10.0 Å². The molecule has 1 unspecified atom stereocenters. The van der Waals surface area contributed by atoms with Crippen LogP contribution >= 0.6 is 22.9 Å². The molecule has 1 aromatic carbocycles. The molecular weight excluding hydrogens is 316 g/mol.